The molecule has 7 heteroatoms. The van der Waals surface area contributed by atoms with Gasteiger partial charge in [-0.1, -0.05) is 53.4 Å². The Balaban J connectivity index is 1.80. The molecule has 2 aromatic rings. The van der Waals surface area contributed by atoms with Gasteiger partial charge in [0.05, 0.1) is 0 Å². The summed E-state index contributed by atoms with van der Waals surface area (Å²) in [6.07, 6.45) is 3.41. The zero-order chi connectivity index (χ0) is 16.8. The monoisotopic (exact) mass is 362 g/mol. The minimum atomic E-state index is -0.258. The fourth-order valence-electron chi connectivity index (χ4n) is 2.75. The molecule has 1 amide bonds. The lowest BCUT2D eigenvalue weighted by atomic mass is 10.1. The van der Waals surface area contributed by atoms with E-state index < -0.39 is 0 Å². The topological polar surface area (TPSA) is 58.1 Å². The number of nitrogens with zero attached hydrogens (tertiary/aromatic N) is 3. The molecule has 2 heterocycles. The van der Waals surface area contributed by atoms with Gasteiger partial charge in [-0.05, 0) is 31.7 Å². The number of piperidine rings is 1. The van der Waals surface area contributed by atoms with Crippen LogP contribution >= 0.6 is 23.1 Å². The Labute approximate surface area is 150 Å². The van der Waals surface area contributed by atoms with Crippen LogP contribution < -0.4 is 5.32 Å². The molecule has 1 aromatic carbocycles. The summed E-state index contributed by atoms with van der Waals surface area (Å²) in [5, 5.41) is 12.1. The maximum Gasteiger partial charge on any atom is 0.240 e. The zero-order valence-corrected chi connectivity index (χ0v) is 15.4. The molecule has 1 aliphatic rings. The van der Waals surface area contributed by atoms with Gasteiger partial charge in [-0.25, -0.2) is 0 Å². The lowest BCUT2D eigenvalue weighted by Gasteiger charge is -2.30. The minimum Gasteiger partial charge on any atom is -0.360 e. The number of nitrogens with one attached hydrogen (secondary N) is 1. The molecule has 1 aromatic heterocycles. The SMILES string of the molecule is CCNc1nnc(SC(C(=O)N2CCCCC2)c2ccccc2)s1. The van der Waals surface area contributed by atoms with E-state index in [1.165, 1.54) is 29.5 Å². The van der Waals surface area contributed by atoms with Crippen molar-refractivity contribution < 1.29 is 4.79 Å². The second-order valence-corrected chi connectivity index (χ2v) is 8.03. The molecule has 5 nitrogen and oxygen atoms in total. The number of carbonyl (C=O) groups excluding carboxylic acids is 1. The number of hydrogen-bond donors (Lipinski definition) is 1. The summed E-state index contributed by atoms with van der Waals surface area (Å²) < 4.78 is 0.824. The molecule has 0 saturated carbocycles. The predicted octanol–water partition coefficient (Wildman–Crippen LogP) is 3.82. The standard InChI is InChI=1S/C17H22N4OS2/c1-2-18-16-19-20-17(24-16)23-14(13-9-5-3-6-10-13)15(22)21-11-7-4-8-12-21/h3,5-6,9-10,14H,2,4,7-8,11-12H2,1H3,(H,18,19). The molecule has 1 aliphatic heterocycles. The Morgan fingerprint density at radius 2 is 2.00 bits per heavy atom. The summed E-state index contributed by atoms with van der Waals surface area (Å²) in [7, 11) is 0. The van der Waals surface area contributed by atoms with E-state index in [9.17, 15) is 4.79 Å². The van der Waals surface area contributed by atoms with Gasteiger partial charge < -0.3 is 10.2 Å². The van der Waals surface area contributed by atoms with Crippen molar-refractivity contribution in [3.8, 4) is 0 Å². The molecule has 0 radical (unpaired) electrons. The van der Waals surface area contributed by atoms with E-state index in [-0.39, 0.29) is 11.2 Å². The first kappa shape index (κ1) is 17.2. The Morgan fingerprint density at radius 1 is 1.25 bits per heavy atom. The van der Waals surface area contributed by atoms with Gasteiger partial charge in [0.1, 0.15) is 5.25 Å². The third kappa shape index (κ3) is 4.27. The fourth-order valence-corrected chi connectivity index (χ4v) is 4.85. The van der Waals surface area contributed by atoms with Crippen LogP contribution in [-0.4, -0.2) is 40.6 Å². The number of amides is 1. The Kier molecular flexibility index (Phi) is 6.09. The Morgan fingerprint density at radius 3 is 2.71 bits per heavy atom. The first-order chi connectivity index (χ1) is 11.8. The van der Waals surface area contributed by atoms with Gasteiger partial charge in [0.15, 0.2) is 4.34 Å². The normalized spacial score (nSPS) is 16.0. The van der Waals surface area contributed by atoms with Gasteiger partial charge in [0.2, 0.25) is 11.0 Å². The van der Waals surface area contributed by atoms with Crippen LogP contribution in [0, 0.1) is 0 Å². The smallest absolute Gasteiger partial charge is 0.240 e. The van der Waals surface area contributed by atoms with E-state index >= 15 is 0 Å². The predicted molar refractivity (Wildman–Crippen MR) is 99.5 cm³/mol. The molecular formula is C17H22N4OS2. The largest absolute Gasteiger partial charge is 0.360 e. The third-order valence-electron chi connectivity index (χ3n) is 3.95. The molecule has 0 bridgehead atoms. The lowest BCUT2D eigenvalue weighted by Crippen LogP contribution is -2.38. The molecule has 1 unspecified atom stereocenters. The summed E-state index contributed by atoms with van der Waals surface area (Å²) in [6, 6.07) is 9.98. The number of benzene rings is 1. The Bertz CT molecular complexity index is 656. The molecule has 3 rings (SSSR count). The van der Waals surface area contributed by atoms with Crippen LogP contribution in [-0.2, 0) is 4.79 Å². The molecule has 0 spiro atoms. The van der Waals surface area contributed by atoms with Gasteiger partial charge in [-0.15, -0.1) is 10.2 Å². The van der Waals surface area contributed by atoms with E-state index in [0.29, 0.717) is 0 Å². The van der Waals surface area contributed by atoms with Crippen molar-refractivity contribution in [3.63, 3.8) is 0 Å². The van der Waals surface area contributed by atoms with Crippen LogP contribution in [0.3, 0.4) is 0 Å². The highest BCUT2D eigenvalue weighted by Crippen LogP contribution is 2.39. The number of anilines is 1. The molecule has 24 heavy (non-hydrogen) atoms. The molecule has 1 atom stereocenters. The number of rotatable bonds is 6. The van der Waals surface area contributed by atoms with E-state index in [1.807, 2.05) is 42.2 Å². The fraction of sp³-hybridized carbons (Fsp3) is 0.471. The molecule has 1 N–H and O–H groups in total. The molecule has 128 valence electrons. The third-order valence-corrected chi connectivity index (χ3v) is 6.15. The Hall–Kier alpha value is -1.60. The van der Waals surface area contributed by atoms with E-state index in [0.717, 1.165) is 47.5 Å². The van der Waals surface area contributed by atoms with Crippen LogP contribution in [0.4, 0.5) is 5.13 Å². The maximum absolute atomic E-state index is 13.1. The molecular weight excluding hydrogens is 340 g/mol. The average Bonchev–Trinajstić information content (AvgIpc) is 3.08. The minimum absolute atomic E-state index is 0.186. The van der Waals surface area contributed by atoms with Crippen molar-refractivity contribution >= 4 is 34.1 Å². The first-order valence-corrected chi connectivity index (χ1v) is 10.1. The van der Waals surface area contributed by atoms with Crippen LogP contribution in [0.25, 0.3) is 0 Å². The summed E-state index contributed by atoms with van der Waals surface area (Å²) in [5.41, 5.74) is 1.03. The number of likely N-dealkylation sites (tertiary alicyclic amines) is 1. The van der Waals surface area contributed by atoms with Crippen molar-refractivity contribution in [1.82, 2.24) is 15.1 Å². The van der Waals surface area contributed by atoms with Gasteiger partial charge in [0.25, 0.3) is 0 Å². The number of aromatic nitrogens is 2. The highest BCUT2D eigenvalue weighted by Gasteiger charge is 2.29. The average molecular weight is 363 g/mol. The molecule has 1 saturated heterocycles. The summed E-state index contributed by atoms with van der Waals surface area (Å²) in [6.45, 7) is 4.57. The van der Waals surface area contributed by atoms with Crippen LogP contribution in [0.1, 0.15) is 37.0 Å². The van der Waals surface area contributed by atoms with Gasteiger partial charge >= 0.3 is 0 Å². The van der Waals surface area contributed by atoms with Gasteiger partial charge in [-0.3, -0.25) is 4.79 Å². The first-order valence-electron chi connectivity index (χ1n) is 8.35. The summed E-state index contributed by atoms with van der Waals surface area (Å²) in [4.78, 5) is 15.1. The van der Waals surface area contributed by atoms with Gasteiger partial charge in [-0.2, -0.15) is 0 Å². The van der Waals surface area contributed by atoms with Crippen molar-refractivity contribution in [3.05, 3.63) is 35.9 Å². The zero-order valence-electron chi connectivity index (χ0n) is 13.8. The van der Waals surface area contributed by atoms with Gasteiger partial charge in [0, 0.05) is 19.6 Å². The van der Waals surface area contributed by atoms with Crippen LogP contribution in [0.5, 0.6) is 0 Å². The summed E-state index contributed by atoms with van der Waals surface area (Å²) >= 11 is 3.01. The van der Waals surface area contributed by atoms with Crippen molar-refractivity contribution in [1.29, 1.82) is 0 Å². The number of carbonyl (C=O) groups is 1. The van der Waals surface area contributed by atoms with E-state index in [4.69, 9.17) is 0 Å². The highest BCUT2D eigenvalue weighted by molar-refractivity contribution is 8.01. The highest BCUT2D eigenvalue weighted by atomic mass is 32.2. The number of hydrogen-bond acceptors (Lipinski definition) is 6. The van der Waals surface area contributed by atoms with Crippen molar-refractivity contribution in [2.24, 2.45) is 0 Å². The number of thioether (sulfide) groups is 1. The second-order valence-electron chi connectivity index (χ2n) is 5.70. The second kappa shape index (κ2) is 8.48. The van der Waals surface area contributed by atoms with Crippen LogP contribution in [0.2, 0.25) is 0 Å². The quantitative estimate of drug-likeness (QED) is 0.792. The lowest BCUT2D eigenvalue weighted by molar-refractivity contribution is -0.131. The molecule has 0 aliphatic carbocycles. The summed E-state index contributed by atoms with van der Waals surface area (Å²) in [5.74, 6) is 0.186. The van der Waals surface area contributed by atoms with Crippen molar-refractivity contribution in [2.45, 2.75) is 35.8 Å². The molecule has 1 fully saturated rings. The van der Waals surface area contributed by atoms with E-state index in [1.54, 1.807) is 0 Å². The van der Waals surface area contributed by atoms with E-state index in [2.05, 4.69) is 15.5 Å². The maximum atomic E-state index is 13.1. The van der Waals surface area contributed by atoms with Crippen molar-refractivity contribution in [2.75, 3.05) is 25.0 Å². The van der Waals surface area contributed by atoms with Crippen LogP contribution in [0.15, 0.2) is 34.7 Å².